The summed E-state index contributed by atoms with van der Waals surface area (Å²) < 4.78 is 7.74. The molecular weight excluding hydrogens is 384 g/mol. The topological polar surface area (TPSA) is 69.0 Å². The molecule has 3 aromatic rings. The van der Waals surface area contributed by atoms with Crippen LogP contribution >= 0.6 is 11.3 Å². The maximum atomic E-state index is 12.5. The van der Waals surface area contributed by atoms with Crippen molar-refractivity contribution < 1.29 is 9.53 Å². The van der Waals surface area contributed by atoms with Crippen LogP contribution in [0.15, 0.2) is 41.9 Å². The fourth-order valence-electron chi connectivity index (χ4n) is 3.66. The van der Waals surface area contributed by atoms with E-state index in [9.17, 15) is 4.79 Å². The van der Waals surface area contributed by atoms with Crippen molar-refractivity contribution in [2.24, 2.45) is 0 Å². The molecule has 0 spiro atoms. The molecule has 1 fully saturated rings. The zero-order chi connectivity index (χ0) is 20.1. The highest BCUT2D eigenvalue weighted by atomic mass is 32.1. The van der Waals surface area contributed by atoms with Crippen LogP contribution < -0.4 is 10.1 Å². The first-order chi connectivity index (χ1) is 14.2. The molecule has 6 nitrogen and oxygen atoms in total. The van der Waals surface area contributed by atoms with Crippen LogP contribution in [0.1, 0.15) is 54.4 Å². The largest absolute Gasteiger partial charge is 0.486 e. The second-order valence-electron chi connectivity index (χ2n) is 7.51. The summed E-state index contributed by atoms with van der Waals surface area (Å²) in [7, 11) is 0. The number of benzene rings is 1. The van der Waals surface area contributed by atoms with E-state index in [-0.39, 0.29) is 12.3 Å². The van der Waals surface area contributed by atoms with Crippen molar-refractivity contribution in [1.82, 2.24) is 14.8 Å². The average molecular weight is 411 g/mol. The number of amides is 1. The number of thiazole rings is 1. The highest BCUT2D eigenvalue weighted by Gasteiger charge is 2.19. The standard InChI is InChI=1S/C22H26N4O2S/c1-16-7-9-19(10-8-16)28-14-22-24-17(15-29-22)13-21(27)25-20-11-12-23-26(20)18-5-3-2-4-6-18/h7-12,15,18H,2-6,13-14H2,1H3,(H,25,27). The number of hydrogen-bond acceptors (Lipinski definition) is 5. The minimum atomic E-state index is -0.0705. The second kappa shape index (κ2) is 9.22. The summed E-state index contributed by atoms with van der Waals surface area (Å²) in [5.74, 6) is 1.53. The predicted octanol–water partition coefficient (Wildman–Crippen LogP) is 4.91. The molecule has 2 aromatic heterocycles. The van der Waals surface area contributed by atoms with Gasteiger partial charge in [0, 0.05) is 11.4 Å². The van der Waals surface area contributed by atoms with Gasteiger partial charge in [-0.15, -0.1) is 11.3 Å². The van der Waals surface area contributed by atoms with E-state index in [0.717, 1.165) is 35.1 Å². The van der Waals surface area contributed by atoms with Gasteiger partial charge in [0.05, 0.1) is 24.4 Å². The zero-order valence-corrected chi connectivity index (χ0v) is 17.5. The summed E-state index contributed by atoms with van der Waals surface area (Å²) in [6.45, 7) is 2.45. The van der Waals surface area contributed by atoms with Crippen LogP contribution in [0.2, 0.25) is 0 Å². The Morgan fingerprint density at radius 2 is 2.00 bits per heavy atom. The van der Waals surface area contributed by atoms with Gasteiger partial charge in [0.25, 0.3) is 0 Å². The van der Waals surface area contributed by atoms with E-state index in [4.69, 9.17) is 4.74 Å². The van der Waals surface area contributed by atoms with Gasteiger partial charge in [-0.3, -0.25) is 4.79 Å². The Labute approximate surface area is 174 Å². The Bertz CT molecular complexity index is 942. The highest BCUT2D eigenvalue weighted by molar-refractivity contribution is 7.09. The number of hydrogen-bond donors (Lipinski definition) is 1. The first-order valence-electron chi connectivity index (χ1n) is 10.1. The Hall–Kier alpha value is -2.67. The summed E-state index contributed by atoms with van der Waals surface area (Å²) in [4.78, 5) is 17.1. The number of carbonyl (C=O) groups excluding carboxylic acids is 1. The molecule has 0 atom stereocenters. The van der Waals surface area contributed by atoms with E-state index in [1.54, 1.807) is 6.20 Å². The molecule has 0 unspecified atom stereocenters. The van der Waals surface area contributed by atoms with Gasteiger partial charge in [0.2, 0.25) is 5.91 Å². The minimum Gasteiger partial charge on any atom is -0.486 e. The molecule has 152 valence electrons. The van der Waals surface area contributed by atoms with Crippen LogP contribution in [0, 0.1) is 6.92 Å². The molecule has 1 saturated carbocycles. The molecule has 7 heteroatoms. The molecule has 1 aliphatic rings. The van der Waals surface area contributed by atoms with E-state index >= 15 is 0 Å². The van der Waals surface area contributed by atoms with Crippen molar-refractivity contribution in [1.29, 1.82) is 0 Å². The van der Waals surface area contributed by atoms with E-state index in [0.29, 0.717) is 12.6 Å². The third kappa shape index (κ3) is 5.23. The monoisotopic (exact) mass is 410 g/mol. The number of aromatic nitrogens is 3. The summed E-state index contributed by atoms with van der Waals surface area (Å²) in [5, 5.41) is 10.2. The molecule has 1 N–H and O–H groups in total. The number of rotatable bonds is 7. The lowest BCUT2D eigenvalue weighted by atomic mass is 9.96. The van der Waals surface area contributed by atoms with Gasteiger partial charge in [0.15, 0.2) is 0 Å². The summed E-state index contributed by atoms with van der Waals surface area (Å²) >= 11 is 1.51. The molecule has 29 heavy (non-hydrogen) atoms. The van der Waals surface area contributed by atoms with Crippen LogP contribution in [-0.4, -0.2) is 20.7 Å². The second-order valence-corrected chi connectivity index (χ2v) is 8.45. The number of carbonyl (C=O) groups is 1. The number of aryl methyl sites for hydroxylation is 1. The summed E-state index contributed by atoms with van der Waals surface area (Å²) in [6.07, 6.45) is 8.00. The van der Waals surface area contributed by atoms with Gasteiger partial charge in [-0.2, -0.15) is 5.10 Å². The van der Waals surface area contributed by atoms with Crippen molar-refractivity contribution in [2.45, 2.75) is 58.1 Å². The van der Waals surface area contributed by atoms with Gasteiger partial charge >= 0.3 is 0 Å². The zero-order valence-electron chi connectivity index (χ0n) is 16.6. The van der Waals surface area contributed by atoms with Crippen molar-refractivity contribution in [3.05, 3.63) is 58.2 Å². The molecule has 0 aliphatic heterocycles. The molecule has 1 amide bonds. The van der Waals surface area contributed by atoms with Crippen molar-refractivity contribution in [3.8, 4) is 5.75 Å². The first kappa shape index (κ1) is 19.6. The van der Waals surface area contributed by atoms with Crippen LogP contribution in [0.5, 0.6) is 5.75 Å². The van der Waals surface area contributed by atoms with Crippen LogP contribution in [0.25, 0.3) is 0 Å². The Morgan fingerprint density at radius 1 is 1.21 bits per heavy atom. The van der Waals surface area contributed by atoms with Gasteiger partial charge in [0.1, 0.15) is 23.2 Å². The Kier molecular flexibility index (Phi) is 6.24. The highest BCUT2D eigenvalue weighted by Crippen LogP contribution is 2.30. The third-order valence-electron chi connectivity index (χ3n) is 5.18. The van der Waals surface area contributed by atoms with Crippen LogP contribution in [-0.2, 0) is 17.8 Å². The van der Waals surface area contributed by atoms with Crippen LogP contribution in [0.3, 0.4) is 0 Å². The lowest BCUT2D eigenvalue weighted by molar-refractivity contribution is -0.115. The van der Waals surface area contributed by atoms with Crippen molar-refractivity contribution >= 4 is 23.1 Å². The third-order valence-corrected chi connectivity index (χ3v) is 6.05. The normalized spacial score (nSPS) is 14.7. The fraction of sp³-hybridized carbons (Fsp3) is 0.409. The molecule has 1 aromatic carbocycles. The average Bonchev–Trinajstić information content (AvgIpc) is 3.37. The van der Waals surface area contributed by atoms with Gasteiger partial charge < -0.3 is 10.1 Å². The molecular formula is C22H26N4O2S. The molecule has 0 saturated heterocycles. The van der Waals surface area contributed by atoms with E-state index in [2.05, 4.69) is 15.4 Å². The summed E-state index contributed by atoms with van der Waals surface area (Å²) in [5.41, 5.74) is 1.96. The molecule has 2 heterocycles. The molecule has 4 rings (SSSR count). The minimum absolute atomic E-state index is 0.0705. The quantitative estimate of drug-likeness (QED) is 0.601. The molecule has 0 radical (unpaired) electrons. The smallest absolute Gasteiger partial charge is 0.231 e. The van der Waals surface area contributed by atoms with E-state index in [1.807, 2.05) is 47.3 Å². The number of anilines is 1. The predicted molar refractivity (Wildman–Crippen MR) is 114 cm³/mol. The number of ether oxygens (including phenoxy) is 1. The lowest BCUT2D eigenvalue weighted by Gasteiger charge is -2.23. The van der Waals surface area contributed by atoms with Gasteiger partial charge in [-0.25, -0.2) is 9.67 Å². The SMILES string of the molecule is Cc1ccc(OCc2nc(CC(=O)Nc3ccnn3C3CCCCC3)cs2)cc1. The maximum absolute atomic E-state index is 12.5. The van der Waals surface area contributed by atoms with Crippen LogP contribution in [0.4, 0.5) is 5.82 Å². The first-order valence-corrected chi connectivity index (χ1v) is 11.0. The van der Waals surface area contributed by atoms with Gasteiger partial charge in [-0.1, -0.05) is 37.0 Å². The summed E-state index contributed by atoms with van der Waals surface area (Å²) in [6, 6.07) is 10.2. The van der Waals surface area contributed by atoms with E-state index < -0.39 is 0 Å². The Morgan fingerprint density at radius 3 is 2.79 bits per heavy atom. The van der Waals surface area contributed by atoms with Crippen molar-refractivity contribution in [2.75, 3.05) is 5.32 Å². The fourth-order valence-corrected chi connectivity index (χ4v) is 4.36. The van der Waals surface area contributed by atoms with Gasteiger partial charge in [-0.05, 0) is 31.9 Å². The van der Waals surface area contributed by atoms with E-state index in [1.165, 1.54) is 36.2 Å². The molecule has 0 bridgehead atoms. The maximum Gasteiger partial charge on any atom is 0.231 e. The number of nitrogens with one attached hydrogen (secondary N) is 1. The number of nitrogens with zero attached hydrogens (tertiary/aromatic N) is 3. The van der Waals surface area contributed by atoms with Crippen molar-refractivity contribution in [3.63, 3.8) is 0 Å². The Balaban J connectivity index is 1.30. The lowest BCUT2D eigenvalue weighted by Crippen LogP contribution is -2.21. The molecule has 1 aliphatic carbocycles.